The third-order valence-corrected chi connectivity index (χ3v) is 4.69. The molecule has 0 unspecified atom stereocenters. The third-order valence-electron chi connectivity index (χ3n) is 4.32. The Balaban J connectivity index is 2.12. The van der Waals surface area contributed by atoms with Gasteiger partial charge in [-0.3, -0.25) is 9.88 Å². The minimum atomic E-state index is -0.138. The molecule has 132 valence electrons. The predicted molar refractivity (Wildman–Crippen MR) is 111 cm³/mol. The van der Waals surface area contributed by atoms with Gasteiger partial charge < -0.3 is 4.90 Å². The highest BCUT2D eigenvalue weighted by Crippen LogP contribution is 2.23. The molecule has 3 aromatic rings. The van der Waals surface area contributed by atoms with E-state index in [1.165, 1.54) is 0 Å². The molecular formula is C21H21N3OS. The minimum Gasteiger partial charge on any atom is -0.325 e. The van der Waals surface area contributed by atoms with Crippen molar-refractivity contribution in [1.29, 1.82) is 0 Å². The highest BCUT2D eigenvalue weighted by molar-refractivity contribution is 7.81. The Morgan fingerprint density at radius 2 is 1.62 bits per heavy atom. The van der Waals surface area contributed by atoms with E-state index >= 15 is 0 Å². The van der Waals surface area contributed by atoms with Crippen molar-refractivity contribution in [3.63, 3.8) is 0 Å². The molecule has 3 rings (SSSR count). The van der Waals surface area contributed by atoms with Crippen LogP contribution < -0.4 is 4.90 Å². The molecule has 1 aromatic heterocycles. The van der Waals surface area contributed by atoms with Crippen LogP contribution in [0.25, 0.3) is 10.8 Å². The standard InChI is InChI=1S/C21H21N3OS/c1-3-23(4-2)21(25)24(17-11-6-5-7-12-17)20(26)19-18-13-9-8-10-16(18)14-15-22-19/h5-15H,3-4H2,1-2H3. The summed E-state index contributed by atoms with van der Waals surface area (Å²) < 4.78 is 0. The second kappa shape index (κ2) is 8.06. The zero-order chi connectivity index (χ0) is 18.5. The van der Waals surface area contributed by atoms with Crippen LogP contribution in [0.3, 0.4) is 0 Å². The van der Waals surface area contributed by atoms with Gasteiger partial charge in [0.2, 0.25) is 0 Å². The molecule has 0 aliphatic heterocycles. The van der Waals surface area contributed by atoms with Crippen LogP contribution in [0.2, 0.25) is 0 Å². The normalized spacial score (nSPS) is 10.5. The van der Waals surface area contributed by atoms with Gasteiger partial charge in [-0.2, -0.15) is 0 Å². The number of anilines is 1. The van der Waals surface area contributed by atoms with E-state index in [1.54, 1.807) is 16.0 Å². The van der Waals surface area contributed by atoms with Gasteiger partial charge >= 0.3 is 6.03 Å². The van der Waals surface area contributed by atoms with Crippen molar-refractivity contribution in [2.75, 3.05) is 18.0 Å². The van der Waals surface area contributed by atoms with E-state index in [1.807, 2.05) is 74.5 Å². The van der Waals surface area contributed by atoms with E-state index < -0.39 is 0 Å². The number of benzene rings is 2. The van der Waals surface area contributed by atoms with Crippen LogP contribution in [-0.2, 0) is 0 Å². The van der Waals surface area contributed by atoms with Crippen molar-refractivity contribution < 1.29 is 4.79 Å². The first-order valence-corrected chi connectivity index (χ1v) is 9.10. The largest absolute Gasteiger partial charge is 0.329 e. The second-order valence-corrected chi connectivity index (χ2v) is 6.20. The Bertz CT molecular complexity index is 917. The number of thiocarbonyl (C=S) groups is 1. The molecule has 2 amide bonds. The van der Waals surface area contributed by atoms with E-state index in [0.717, 1.165) is 16.5 Å². The van der Waals surface area contributed by atoms with Gasteiger partial charge in [0.15, 0.2) is 0 Å². The number of pyridine rings is 1. The fourth-order valence-electron chi connectivity index (χ4n) is 2.92. The van der Waals surface area contributed by atoms with Crippen LogP contribution in [-0.4, -0.2) is 34.0 Å². The molecule has 4 nitrogen and oxygen atoms in total. The Labute approximate surface area is 159 Å². The Hall–Kier alpha value is -2.79. The molecule has 0 aliphatic rings. The molecule has 26 heavy (non-hydrogen) atoms. The third kappa shape index (κ3) is 3.44. The van der Waals surface area contributed by atoms with Gasteiger partial charge in [0.25, 0.3) is 0 Å². The second-order valence-electron chi connectivity index (χ2n) is 5.81. The molecule has 0 aliphatic carbocycles. The number of carbonyl (C=O) groups is 1. The number of rotatable bonds is 4. The summed E-state index contributed by atoms with van der Waals surface area (Å²) in [6, 6.07) is 19.2. The number of hydrogen-bond donors (Lipinski definition) is 0. The lowest BCUT2D eigenvalue weighted by atomic mass is 10.1. The van der Waals surface area contributed by atoms with Crippen molar-refractivity contribution in [3.05, 3.63) is 72.6 Å². The quantitative estimate of drug-likeness (QED) is 0.620. The lowest BCUT2D eigenvalue weighted by molar-refractivity contribution is 0.213. The van der Waals surface area contributed by atoms with Crippen LogP contribution in [0.4, 0.5) is 10.5 Å². The number of carbonyl (C=O) groups excluding carboxylic acids is 1. The smallest absolute Gasteiger partial charge is 0.325 e. The van der Waals surface area contributed by atoms with Crippen LogP contribution in [0.15, 0.2) is 66.9 Å². The summed E-state index contributed by atoms with van der Waals surface area (Å²) in [4.78, 5) is 21.4. The molecule has 0 bridgehead atoms. The van der Waals surface area contributed by atoms with Gasteiger partial charge in [-0.05, 0) is 37.4 Å². The van der Waals surface area contributed by atoms with Crippen molar-refractivity contribution >= 4 is 39.7 Å². The van der Waals surface area contributed by atoms with Gasteiger partial charge in [-0.25, -0.2) is 4.79 Å². The molecule has 0 saturated heterocycles. The lowest BCUT2D eigenvalue weighted by Crippen LogP contribution is -2.46. The van der Waals surface area contributed by atoms with Crippen LogP contribution in [0, 0.1) is 0 Å². The van der Waals surface area contributed by atoms with Crippen LogP contribution in [0.1, 0.15) is 19.5 Å². The van der Waals surface area contributed by atoms with Gasteiger partial charge in [0.1, 0.15) is 10.7 Å². The van der Waals surface area contributed by atoms with E-state index in [-0.39, 0.29) is 6.03 Å². The van der Waals surface area contributed by atoms with Crippen LogP contribution in [0.5, 0.6) is 0 Å². The summed E-state index contributed by atoms with van der Waals surface area (Å²) in [7, 11) is 0. The molecule has 0 N–H and O–H groups in total. The van der Waals surface area contributed by atoms with Crippen molar-refractivity contribution in [3.8, 4) is 0 Å². The first-order chi connectivity index (χ1) is 12.7. The molecule has 0 saturated carbocycles. The topological polar surface area (TPSA) is 36.4 Å². The first-order valence-electron chi connectivity index (χ1n) is 8.69. The Kier molecular flexibility index (Phi) is 5.58. The summed E-state index contributed by atoms with van der Waals surface area (Å²) in [6.07, 6.45) is 1.73. The molecule has 2 aromatic carbocycles. The first kappa shape index (κ1) is 18.0. The number of amides is 2. The monoisotopic (exact) mass is 363 g/mol. The number of fused-ring (bicyclic) bond motifs is 1. The molecule has 0 radical (unpaired) electrons. The maximum Gasteiger partial charge on any atom is 0.329 e. The Morgan fingerprint density at radius 1 is 0.962 bits per heavy atom. The molecular weight excluding hydrogens is 342 g/mol. The summed E-state index contributed by atoms with van der Waals surface area (Å²) in [5.41, 5.74) is 1.38. The zero-order valence-electron chi connectivity index (χ0n) is 14.9. The number of aromatic nitrogens is 1. The highest BCUT2D eigenvalue weighted by atomic mass is 32.1. The number of urea groups is 1. The maximum absolute atomic E-state index is 13.2. The summed E-state index contributed by atoms with van der Waals surface area (Å²) in [5.74, 6) is 0. The number of hydrogen-bond acceptors (Lipinski definition) is 3. The van der Waals surface area contributed by atoms with Gasteiger partial charge in [0.05, 0.1) is 5.69 Å². The van der Waals surface area contributed by atoms with Crippen molar-refractivity contribution in [2.24, 2.45) is 0 Å². The number of nitrogens with zero attached hydrogens (tertiary/aromatic N) is 3. The van der Waals surface area contributed by atoms with Gasteiger partial charge in [-0.1, -0.05) is 54.7 Å². The van der Waals surface area contributed by atoms with Crippen molar-refractivity contribution in [2.45, 2.75) is 13.8 Å². The molecule has 0 atom stereocenters. The average molecular weight is 363 g/mol. The summed E-state index contributed by atoms with van der Waals surface area (Å²) >= 11 is 5.76. The molecule has 1 heterocycles. The predicted octanol–water partition coefficient (Wildman–Crippen LogP) is 4.88. The van der Waals surface area contributed by atoms with E-state index in [9.17, 15) is 4.79 Å². The Morgan fingerprint density at radius 3 is 2.31 bits per heavy atom. The average Bonchev–Trinajstić information content (AvgIpc) is 2.69. The van der Waals surface area contributed by atoms with E-state index in [0.29, 0.717) is 23.8 Å². The fourth-order valence-corrected chi connectivity index (χ4v) is 3.27. The fraction of sp³-hybridized carbons (Fsp3) is 0.190. The van der Waals surface area contributed by atoms with E-state index in [4.69, 9.17) is 12.2 Å². The molecule has 5 heteroatoms. The summed E-state index contributed by atoms with van der Waals surface area (Å²) in [5, 5.41) is 1.98. The highest BCUT2D eigenvalue weighted by Gasteiger charge is 2.26. The molecule has 0 spiro atoms. The SMILES string of the molecule is CCN(CC)C(=O)N(C(=S)c1nccc2ccccc12)c1ccccc1. The summed E-state index contributed by atoms with van der Waals surface area (Å²) in [6.45, 7) is 5.15. The van der Waals surface area contributed by atoms with Crippen molar-refractivity contribution in [1.82, 2.24) is 9.88 Å². The minimum absolute atomic E-state index is 0.138. The lowest BCUT2D eigenvalue weighted by Gasteiger charge is -2.29. The van der Waals surface area contributed by atoms with Gasteiger partial charge in [0, 0.05) is 24.7 Å². The zero-order valence-corrected chi connectivity index (χ0v) is 15.7. The van der Waals surface area contributed by atoms with E-state index in [2.05, 4.69) is 4.98 Å². The molecule has 0 fully saturated rings. The maximum atomic E-state index is 13.2. The van der Waals surface area contributed by atoms with Crippen LogP contribution >= 0.6 is 12.2 Å². The number of para-hydroxylation sites is 1. The van der Waals surface area contributed by atoms with Gasteiger partial charge in [-0.15, -0.1) is 0 Å².